The number of nitrogens with zero attached hydrogens (tertiary/aromatic N) is 2. The van der Waals surface area contributed by atoms with Crippen molar-refractivity contribution >= 4 is 29.3 Å². The number of imidazole rings is 1. The van der Waals surface area contributed by atoms with E-state index in [4.69, 9.17) is 0 Å². The number of fused-ring (bicyclic) bond motifs is 1. The van der Waals surface area contributed by atoms with Crippen molar-refractivity contribution < 1.29 is 4.79 Å². The van der Waals surface area contributed by atoms with Crippen molar-refractivity contribution in [3.8, 4) is 0 Å². The summed E-state index contributed by atoms with van der Waals surface area (Å²) in [4.78, 5) is 17.7. The number of halogens is 1. The molecular weight excluding hydrogens is 332 g/mol. The molecule has 4 rings (SSSR count). The number of hydrogen-bond acceptors (Lipinski definition) is 2. The van der Waals surface area contributed by atoms with Crippen molar-refractivity contribution in [2.24, 2.45) is 0 Å². The van der Waals surface area contributed by atoms with Gasteiger partial charge in [-0.25, -0.2) is 4.98 Å². The van der Waals surface area contributed by atoms with Gasteiger partial charge in [0.15, 0.2) is 0 Å². The summed E-state index contributed by atoms with van der Waals surface area (Å²) in [7, 11) is 0. The molecule has 0 fully saturated rings. The molecule has 0 aliphatic heterocycles. The lowest BCUT2D eigenvalue weighted by Crippen LogP contribution is -2.20. The maximum Gasteiger partial charge on any atom is 0.244 e. The molecule has 3 nitrogen and oxygen atoms in total. The fraction of sp³-hybridized carbons (Fsp3) is 0.0476. The lowest BCUT2D eigenvalue weighted by Gasteiger charge is -2.17. The predicted molar refractivity (Wildman–Crippen MR) is 102 cm³/mol. The molecule has 0 bridgehead atoms. The van der Waals surface area contributed by atoms with Gasteiger partial charge in [-0.3, -0.25) is 9.36 Å². The highest BCUT2D eigenvalue weighted by atomic mass is 35.5. The summed E-state index contributed by atoms with van der Waals surface area (Å²) in [5, 5.41) is 0. The molecule has 4 heteroatoms. The number of hydrogen-bond donors (Lipinski definition) is 0. The molecule has 0 amide bonds. The van der Waals surface area contributed by atoms with E-state index in [0.717, 1.165) is 22.2 Å². The molecule has 1 aromatic heterocycles. The zero-order valence-electron chi connectivity index (χ0n) is 13.4. The molecule has 0 N–H and O–H groups in total. The molecule has 25 heavy (non-hydrogen) atoms. The third-order valence-corrected chi connectivity index (χ3v) is 4.20. The Kier molecular flexibility index (Phi) is 4.96. The summed E-state index contributed by atoms with van der Waals surface area (Å²) >= 11 is 0. The monoisotopic (exact) mass is 348 g/mol. The topological polar surface area (TPSA) is 34.9 Å². The molecule has 0 spiro atoms. The van der Waals surface area contributed by atoms with Crippen LogP contribution in [0.4, 0.5) is 0 Å². The molecule has 0 aliphatic rings. The number of rotatable bonds is 3. The molecule has 0 atom stereocenters. The van der Waals surface area contributed by atoms with Crippen LogP contribution in [0, 0.1) is 0 Å². The van der Waals surface area contributed by atoms with Gasteiger partial charge >= 0.3 is 0 Å². The highest BCUT2D eigenvalue weighted by Crippen LogP contribution is 2.27. The zero-order valence-corrected chi connectivity index (χ0v) is 14.3. The van der Waals surface area contributed by atoms with Crippen molar-refractivity contribution in [3.05, 3.63) is 102 Å². The van der Waals surface area contributed by atoms with Crippen LogP contribution in [-0.4, -0.2) is 15.5 Å². The number of para-hydroxylation sites is 2. The first-order valence-corrected chi connectivity index (χ1v) is 7.91. The second kappa shape index (κ2) is 7.32. The highest BCUT2D eigenvalue weighted by molar-refractivity contribution is 5.95. The molecule has 0 saturated heterocycles. The average Bonchev–Trinajstić information content (AvgIpc) is 3.08. The van der Waals surface area contributed by atoms with Crippen LogP contribution < -0.4 is 0 Å². The summed E-state index contributed by atoms with van der Waals surface area (Å²) in [6.07, 6.45) is 1.62. The van der Waals surface area contributed by atoms with Gasteiger partial charge < -0.3 is 0 Å². The zero-order chi connectivity index (χ0) is 16.4. The fourth-order valence-corrected chi connectivity index (χ4v) is 3.04. The van der Waals surface area contributed by atoms with Gasteiger partial charge in [0.25, 0.3) is 0 Å². The minimum Gasteiger partial charge on any atom is -0.273 e. The molecular formula is C21H17ClN2O. The van der Waals surface area contributed by atoms with Crippen LogP contribution in [0.5, 0.6) is 0 Å². The quantitative estimate of drug-likeness (QED) is 0.526. The van der Waals surface area contributed by atoms with E-state index in [9.17, 15) is 4.79 Å². The first kappa shape index (κ1) is 16.9. The SMILES string of the molecule is Cl.O=C(C(c1ccccc1)c1ccccc1)n1cnc2ccccc21. The number of carbonyl (C=O) groups excluding carboxylic acids is 1. The van der Waals surface area contributed by atoms with Crippen LogP contribution >= 0.6 is 12.4 Å². The van der Waals surface area contributed by atoms with Gasteiger partial charge in [-0.15, -0.1) is 12.4 Å². The molecule has 0 radical (unpaired) electrons. The van der Waals surface area contributed by atoms with Crippen LogP contribution in [0.25, 0.3) is 11.0 Å². The Morgan fingerprint density at radius 2 is 1.28 bits per heavy atom. The van der Waals surface area contributed by atoms with Crippen LogP contribution in [0.15, 0.2) is 91.3 Å². The Labute approximate surface area is 152 Å². The maximum absolute atomic E-state index is 13.3. The lowest BCUT2D eigenvalue weighted by atomic mass is 9.90. The van der Waals surface area contributed by atoms with Crippen molar-refractivity contribution in [2.45, 2.75) is 5.92 Å². The van der Waals surface area contributed by atoms with E-state index in [1.807, 2.05) is 84.9 Å². The largest absolute Gasteiger partial charge is 0.273 e. The molecule has 124 valence electrons. The van der Waals surface area contributed by atoms with Crippen molar-refractivity contribution in [1.29, 1.82) is 0 Å². The van der Waals surface area contributed by atoms with Crippen LogP contribution in [0.1, 0.15) is 21.8 Å². The van der Waals surface area contributed by atoms with Crippen molar-refractivity contribution in [3.63, 3.8) is 0 Å². The minimum absolute atomic E-state index is 0. The van der Waals surface area contributed by atoms with Crippen molar-refractivity contribution in [2.75, 3.05) is 0 Å². The number of carbonyl (C=O) groups is 1. The normalized spacial score (nSPS) is 10.6. The Morgan fingerprint density at radius 3 is 1.88 bits per heavy atom. The van der Waals surface area contributed by atoms with Gasteiger partial charge in [0.1, 0.15) is 6.33 Å². The van der Waals surface area contributed by atoms with Gasteiger partial charge in [0.05, 0.1) is 17.0 Å². The van der Waals surface area contributed by atoms with Crippen molar-refractivity contribution in [1.82, 2.24) is 9.55 Å². The van der Waals surface area contributed by atoms with E-state index < -0.39 is 0 Å². The Morgan fingerprint density at radius 1 is 0.760 bits per heavy atom. The minimum atomic E-state index is -0.356. The first-order chi connectivity index (χ1) is 11.8. The molecule has 0 unspecified atom stereocenters. The first-order valence-electron chi connectivity index (χ1n) is 7.91. The smallest absolute Gasteiger partial charge is 0.244 e. The van der Waals surface area contributed by atoms with Crippen LogP contribution in [-0.2, 0) is 0 Å². The summed E-state index contributed by atoms with van der Waals surface area (Å²) in [5.74, 6) is -0.355. The van der Waals surface area contributed by atoms with Gasteiger partial charge in [-0.1, -0.05) is 72.8 Å². The molecule has 4 aromatic rings. The number of aromatic nitrogens is 2. The van der Waals surface area contributed by atoms with E-state index in [-0.39, 0.29) is 24.2 Å². The summed E-state index contributed by atoms with van der Waals surface area (Å²) in [5.41, 5.74) is 3.61. The fourth-order valence-electron chi connectivity index (χ4n) is 3.04. The van der Waals surface area contributed by atoms with E-state index >= 15 is 0 Å². The van der Waals surface area contributed by atoms with Crippen LogP contribution in [0.2, 0.25) is 0 Å². The third-order valence-electron chi connectivity index (χ3n) is 4.20. The summed E-state index contributed by atoms with van der Waals surface area (Å²) in [6.45, 7) is 0. The second-order valence-electron chi connectivity index (χ2n) is 5.70. The third kappa shape index (κ3) is 3.19. The molecule has 0 aliphatic carbocycles. The van der Waals surface area contributed by atoms with E-state index in [0.29, 0.717) is 0 Å². The standard InChI is InChI=1S/C21H16N2O.ClH/c24-21(23-15-22-18-13-7-8-14-19(18)23)20(16-9-3-1-4-10-16)17-11-5-2-6-12-17;/h1-15,20H;1H. The predicted octanol–water partition coefficient (Wildman–Crippen LogP) is 4.93. The highest BCUT2D eigenvalue weighted by Gasteiger charge is 2.25. The van der Waals surface area contributed by atoms with Gasteiger partial charge in [0.2, 0.25) is 5.91 Å². The molecule has 0 saturated carbocycles. The summed E-state index contributed by atoms with van der Waals surface area (Å²) < 4.78 is 1.65. The Balaban J connectivity index is 0.00000182. The Bertz CT molecular complexity index is 941. The molecule has 1 heterocycles. The van der Waals surface area contributed by atoms with Crippen LogP contribution in [0.3, 0.4) is 0 Å². The van der Waals surface area contributed by atoms with E-state index in [1.54, 1.807) is 10.9 Å². The molecule has 3 aromatic carbocycles. The average molecular weight is 349 g/mol. The van der Waals surface area contributed by atoms with Gasteiger partial charge in [-0.05, 0) is 23.3 Å². The van der Waals surface area contributed by atoms with Gasteiger partial charge in [-0.2, -0.15) is 0 Å². The van der Waals surface area contributed by atoms with E-state index in [2.05, 4.69) is 4.98 Å². The maximum atomic E-state index is 13.3. The number of benzene rings is 3. The lowest BCUT2D eigenvalue weighted by molar-refractivity contribution is 0.0898. The second-order valence-corrected chi connectivity index (χ2v) is 5.70. The van der Waals surface area contributed by atoms with Gasteiger partial charge in [0, 0.05) is 0 Å². The summed E-state index contributed by atoms with van der Waals surface area (Å²) in [6, 6.07) is 27.4. The Hall–Kier alpha value is -2.91. The van der Waals surface area contributed by atoms with E-state index in [1.165, 1.54) is 0 Å².